The standard InChI is InChI=1S/C26H29FN4O2/c1-29-8-10-31(11-9-29)26(32)23-17-25(28-24-7-6-21(27)16-22(23)24)20-4-2-19(3-5-20)18-30-12-14-33-15-13-30/h2-7,16-17H,8-15,18H2,1H3. The average molecular weight is 449 g/mol. The van der Waals surface area contributed by atoms with Crippen molar-refractivity contribution in [3.05, 3.63) is 65.5 Å². The molecule has 5 rings (SSSR count). The summed E-state index contributed by atoms with van der Waals surface area (Å²) in [5, 5.41) is 0.562. The number of pyridine rings is 1. The molecule has 0 radical (unpaired) electrons. The first kappa shape index (κ1) is 21.9. The van der Waals surface area contributed by atoms with Crippen LogP contribution < -0.4 is 0 Å². The summed E-state index contributed by atoms with van der Waals surface area (Å²) in [6.07, 6.45) is 0. The van der Waals surface area contributed by atoms with Crippen molar-refractivity contribution in [1.82, 2.24) is 19.7 Å². The largest absolute Gasteiger partial charge is 0.379 e. The number of amides is 1. The van der Waals surface area contributed by atoms with E-state index in [2.05, 4.69) is 41.1 Å². The minimum absolute atomic E-state index is 0.0636. The SMILES string of the molecule is CN1CCN(C(=O)c2cc(-c3ccc(CN4CCOCC4)cc3)nc3ccc(F)cc23)CC1. The van der Waals surface area contributed by atoms with Gasteiger partial charge in [-0.1, -0.05) is 24.3 Å². The smallest absolute Gasteiger partial charge is 0.254 e. The number of fused-ring (bicyclic) bond motifs is 1. The van der Waals surface area contributed by atoms with E-state index in [0.717, 1.165) is 57.2 Å². The molecule has 33 heavy (non-hydrogen) atoms. The molecule has 2 fully saturated rings. The zero-order valence-electron chi connectivity index (χ0n) is 19.0. The Kier molecular flexibility index (Phi) is 6.35. The molecule has 1 amide bonds. The number of rotatable bonds is 4. The summed E-state index contributed by atoms with van der Waals surface area (Å²) in [5.41, 5.74) is 4.04. The van der Waals surface area contributed by atoms with Crippen molar-refractivity contribution in [2.24, 2.45) is 0 Å². The molecule has 2 aliphatic rings. The van der Waals surface area contributed by atoms with Crippen LogP contribution in [0.15, 0.2) is 48.5 Å². The summed E-state index contributed by atoms with van der Waals surface area (Å²) in [4.78, 5) is 24.6. The minimum Gasteiger partial charge on any atom is -0.379 e. The van der Waals surface area contributed by atoms with Crippen molar-refractivity contribution >= 4 is 16.8 Å². The maximum atomic E-state index is 14.1. The van der Waals surface area contributed by atoms with Crippen LogP contribution in [-0.2, 0) is 11.3 Å². The molecule has 0 spiro atoms. The van der Waals surface area contributed by atoms with Crippen LogP contribution >= 0.6 is 0 Å². The van der Waals surface area contributed by atoms with Crippen molar-refractivity contribution in [2.45, 2.75) is 6.54 Å². The maximum absolute atomic E-state index is 14.1. The van der Waals surface area contributed by atoms with Gasteiger partial charge in [0.1, 0.15) is 5.82 Å². The van der Waals surface area contributed by atoms with Gasteiger partial charge in [0.05, 0.1) is 30.0 Å². The predicted octanol–water partition coefficient (Wildman–Crippen LogP) is 3.26. The summed E-state index contributed by atoms with van der Waals surface area (Å²) in [6, 6.07) is 14.6. The normalized spacial score (nSPS) is 18.1. The predicted molar refractivity (Wildman–Crippen MR) is 127 cm³/mol. The van der Waals surface area contributed by atoms with Gasteiger partial charge in [0, 0.05) is 56.8 Å². The number of benzene rings is 2. The van der Waals surface area contributed by atoms with Gasteiger partial charge in [-0.05, 0) is 36.9 Å². The van der Waals surface area contributed by atoms with E-state index in [1.165, 1.54) is 17.7 Å². The highest BCUT2D eigenvalue weighted by molar-refractivity contribution is 6.07. The van der Waals surface area contributed by atoms with Crippen LogP contribution in [0.1, 0.15) is 15.9 Å². The first-order valence-electron chi connectivity index (χ1n) is 11.5. The van der Waals surface area contributed by atoms with E-state index in [1.807, 2.05) is 11.0 Å². The van der Waals surface area contributed by atoms with E-state index in [0.29, 0.717) is 29.6 Å². The van der Waals surface area contributed by atoms with Crippen LogP contribution in [0.2, 0.25) is 0 Å². The Hall–Kier alpha value is -2.87. The lowest BCUT2D eigenvalue weighted by atomic mass is 10.0. The molecule has 7 heteroatoms. The van der Waals surface area contributed by atoms with Crippen LogP contribution in [0.5, 0.6) is 0 Å². The van der Waals surface area contributed by atoms with Gasteiger partial charge < -0.3 is 14.5 Å². The van der Waals surface area contributed by atoms with E-state index in [1.54, 1.807) is 6.07 Å². The minimum atomic E-state index is -0.364. The van der Waals surface area contributed by atoms with Crippen LogP contribution in [0.25, 0.3) is 22.2 Å². The first-order valence-corrected chi connectivity index (χ1v) is 11.5. The van der Waals surface area contributed by atoms with E-state index < -0.39 is 0 Å². The van der Waals surface area contributed by atoms with Crippen molar-refractivity contribution in [1.29, 1.82) is 0 Å². The third-order valence-corrected chi connectivity index (χ3v) is 6.55. The molecule has 2 aromatic carbocycles. The summed E-state index contributed by atoms with van der Waals surface area (Å²) < 4.78 is 19.5. The molecule has 3 aromatic rings. The molecule has 6 nitrogen and oxygen atoms in total. The van der Waals surface area contributed by atoms with Gasteiger partial charge in [0.25, 0.3) is 5.91 Å². The molecule has 0 unspecified atom stereocenters. The van der Waals surface area contributed by atoms with Crippen LogP contribution in [-0.4, -0.2) is 85.1 Å². The third kappa shape index (κ3) is 4.90. The van der Waals surface area contributed by atoms with Crippen molar-refractivity contribution in [3.63, 3.8) is 0 Å². The van der Waals surface area contributed by atoms with Crippen LogP contribution in [0, 0.1) is 5.82 Å². The lowest BCUT2D eigenvalue weighted by Gasteiger charge is -2.32. The molecule has 0 bridgehead atoms. The number of morpholine rings is 1. The quantitative estimate of drug-likeness (QED) is 0.613. The molecule has 2 saturated heterocycles. The second kappa shape index (κ2) is 9.55. The highest BCUT2D eigenvalue weighted by Gasteiger charge is 2.23. The van der Waals surface area contributed by atoms with Crippen molar-refractivity contribution < 1.29 is 13.9 Å². The Morgan fingerprint density at radius 3 is 2.42 bits per heavy atom. The van der Waals surface area contributed by atoms with E-state index in [-0.39, 0.29) is 11.7 Å². The summed E-state index contributed by atoms with van der Waals surface area (Å²) in [5.74, 6) is -0.428. The van der Waals surface area contributed by atoms with Gasteiger partial charge in [-0.2, -0.15) is 0 Å². The number of likely N-dealkylation sites (N-methyl/N-ethyl adjacent to an activating group) is 1. The van der Waals surface area contributed by atoms with E-state index in [4.69, 9.17) is 9.72 Å². The van der Waals surface area contributed by atoms with Gasteiger partial charge in [0.2, 0.25) is 0 Å². The summed E-state index contributed by atoms with van der Waals surface area (Å²) in [6.45, 7) is 7.35. The highest BCUT2D eigenvalue weighted by atomic mass is 19.1. The van der Waals surface area contributed by atoms with Gasteiger partial charge >= 0.3 is 0 Å². The first-order chi connectivity index (χ1) is 16.1. The van der Waals surface area contributed by atoms with Gasteiger partial charge in [0.15, 0.2) is 0 Å². The second-order valence-electron chi connectivity index (χ2n) is 8.90. The van der Waals surface area contributed by atoms with Crippen molar-refractivity contribution in [3.8, 4) is 11.3 Å². The Morgan fingerprint density at radius 1 is 0.970 bits per heavy atom. The fourth-order valence-electron chi connectivity index (χ4n) is 4.50. The number of ether oxygens (including phenoxy) is 1. The maximum Gasteiger partial charge on any atom is 0.254 e. The number of carbonyl (C=O) groups is 1. The highest BCUT2D eigenvalue weighted by Crippen LogP contribution is 2.27. The zero-order chi connectivity index (χ0) is 22.8. The van der Waals surface area contributed by atoms with Crippen molar-refractivity contribution in [2.75, 3.05) is 59.5 Å². The Bertz CT molecular complexity index is 1140. The Morgan fingerprint density at radius 2 is 1.70 bits per heavy atom. The number of carbonyl (C=O) groups excluding carboxylic acids is 1. The summed E-state index contributed by atoms with van der Waals surface area (Å²) in [7, 11) is 2.06. The Balaban J connectivity index is 1.46. The lowest BCUT2D eigenvalue weighted by Crippen LogP contribution is -2.47. The molecule has 172 valence electrons. The van der Waals surface area contributed by atoms with Gasteiger partial charge in [-0.3, -0.25) is 9.69 Å². The van der Waals surface area contributed by atoms with E-state index in [9.17, 15) is 9.18 Å². The monoisotopic (exact) mass is 448 g/mol. The number of hydrogen-bond donors (Lipinski definition) is 0. The fraction of sp³-hybridized carbons (Fsp3) is 0.385. The third-order valence-electron chi connectivity index (χ3n) is 6.55. The zero-order valence-corrected chi connectivity index (χ0v) is 19.0. The molecule has 3 heterocycles. The molecule has 0 aliphatic carbocycles. The number of nitrogens with zero attached hydrogens (tertiary/aromatic N) is 4. The number of aromatic nitrogens is 1. The number of halogens is 1. The molecule has 0 N–H and O–H groups in total. The molecular weight excluding hydrogens is 419 g/mol. The second-order valence-corrected chi connectivity index (χ2v) is 8.90. The molecular formula is C26H29FN4O2. The molecule has 0 saturated carbocycles. The molecule has 0 atom stereocenters. The summed E-state index contributed by atoms with van der Waals surface area (Å²) >= 11 is 0. The van der Waals surface area contributed by atoms with Gasteiger partial charge in [-0.15, -0.1) is 0 Å². The average Bonchev–Trinajstić information content (AvgIpc) is 2.84. The fourth-order valence-corrected chi connectivity index (χ4v) is 4.50. The van der Waals surface area contributed by atoms with E-state index >= 15 is 0 Å². The molecule has 2 aliphatic heterocycles. The van der Waals surface area contributed by atoms with Gasteiger partial charge in [-0.25, -0.2) is 9.37 Å². The van der Waals surface area contributed by atoms with Crippen LogP contribution in [0.4, 0.5) is 4.39 Å². The Labute approximate surface area is 193 Å². The molecule has 1 aromatic heterocycles. The van der Waals surface area contributed by atoms with Crippen LogP contribution in [0.3, 0.4) is 0 Å². The number of hydrogen-bond acceptors (Lipinski definition) is 5. The topological polar surface area (TPSA) is 48.9 Å². The number of piperazine rings is 1. The lowest BCUT2D eigenvalue weighted by molar-refractivity contribution is 0.0342.